The van der Waals surface area contributed by atoms with Crippen LogP contribution in [-0.2, 0) is 24.3 Å². The van der Waals surface area contributed by atoms with Crippen LogP contribution in [0.1, 0.15) is 82.3 Å². The van der Waals surface area contributed by atoms with E-state index in [0.29, 0.717) is 31.3 Å². The van der Waals surface area contributed by atoms with Crippen LogP contribution < -0.4 is 5.49 Å². The van der Waals surface area contributed by atoms with Crippen LogP contribution in [0.3, 0.4) is 0 Å². The number of carbonyl (C=O) groups excluding carboxylic acids is 3. The fourth-order valence-corrected chi connectivity index (χ4v) is 5.32. The van der Waals surface area contributed by atoms with Gasteiger partial charge in [-0.05, 0) is 75.6 Å². The molecule has 0 aliphatic carbocycles. The standard InChI is InChI=1S/C31H44ClN3O6S/c1-7-41-31(38)29(36)27(9-8-18-32)35-21-25(30(37)34(19-16-22(2)3)20-17-23(4)5)12-15-28(35)33-42(39,40)26-13-10-24(6)11-14-26/h10-15,21-23,27H,7-9,16-20H2,1-6H3/b33-28+. The third-order valence-corrected chi connectivity index (χ3v) is 8.26. The van der Waals surface area contributed by atoms with Gasteiger partial charge in [0.1, 0.15) is 11.5 Å². The Hall–Kier alpha value is -2.98. The van der Waals surface area contributed by atoms with Gasteiger partial charge in [0.2, 0.25) is 0 Å². The van der Waals surface area contributed by atoms with Crippen LogP contribution in [0.15, 0.2) is 51.9 Å². The van der Waals surface area contributed by atoms with Gasteiger partial charge in [-0.25, -0.2) is 4.79 Å². The van der Waals surface area contributed by atoms with Crippen molar-refractivity contribution in [2.75, 3.05) is 25.6 Å². The Morgan fingerprint density at radius 2 is 1.55 bits per heavy atom. The van der Waals surface area contributed by atoms with Crippen molar-refractivity contribution in [3.05, 3.63) is 59.2 Å². The molecule has 0 saturated heterocycles. The average Bonchev–Trinajstić information content (AvgIpc) is 2.93. The predicted octanol–water partition coefficient (Wildman–Crippen LogP) is 5.31. The van der Waals surface area contributed by atoms with Crippen LogP contribution in [0.2, 0.25) is 0 Å². The van der Waals surface area contributed by atoms with Crippen molar-refractivity contribution in [2.45, 2.75) is 78.2 Å². The Morgan fingerprint density at radius 3 is 2.07 bits per heavy atom. The van der Waals surface area contributed by atoms with Crippen molar-refractivity contribution in [3.8, 4) is 0 Å². The van der Waals surface area contributed by atoms with E-state index in [-0.39, 0.29) is 40.8 Å². The largest absolute Gasteiger partial charge is 0.460 e. The van der Waals surface area contributed by atoms with Crippen LogP contribution in [0.5, 0.6) is 0 Å². The molecule has 0 N–H and O–H groups in total. The molecule has 0 fully saturated rings. The first-order chi connectivity index (χ1) is 19.8. The van der Waals surface area contributed by atoms with Gasteiger partial charge in [0.05, 0.1) is 17.1 Å². The zero-order valence-electron chi connectivity index (χ0n) is 25.5. The number of amides is 1. The predicted molar refractivity (Wildman–Crippen MR) is 164 cm³/mol. The van der Waals surface area contributed by atoms with Crippen LogP contribution in [0, 0.1) is 18.8 Å². The number of ketones is 1. The van der Waals surface area contributed by atoms with E-state index in [0.717, 1.165) is 18.4 Å². The Morgan fingerprint density at radius 1 is 0.952 bits per heavy atom. The third-order valence-electron chi connectivity index (χ3n) is 6.70. The van der Waals surface area contributed by atoms with E-state index in [9.17, 15) is 22.8 Å². The molecule has 1 aromatic heterocycles. The molecule has 11 heteroatoms. The molecule has 42 heavy (non-hydrogen) atoms. The second-order valence-electron chi connectivity index (χ2n) is 11.2. The first-order valence-electron chi connectivity index (χ1n) is 14.5. The molecule has 0 radical (unpaired) electrons. The normalized spacial score (nSPS) is 12.9. The molecule has 1 amide bonds. The lowest BCUT2D eigenvalue weighted by atomic mass is 10.1. The molecule has 0 spiro atoms. The zero-order chi connectivity index (χ0) is 31.4. The first kappa shape index (κ1) is 35.2. The smallest absolute Gasteiger partial charge is 0.376 e. The average molecular weight is 622 g/mol. The number of ether oxygens (including phenoxy) is 1. The maximum Gasteiger partial charge on any atom is 0.376 e. The molecule has 2 rings (SSSR count). The highest BCUT2D eigenvalue weighted by molar-refractivity contribution is 7.90. The molecule has 0 saturated carbocycles. The Labute approximate surface area is 255 Å². The quantitative estimate of drug-likeness (QED) is 0.142. The minimum Gasteiger partial charge on any atom is -0.460 e. The zero-order valence-corrected chi connectivity index (χ0v) is 27.1. The monoisotopic (exact) mass is 621 g/mol. The van der Waals surface area contributed by atoms with Crippen LogP contribution in [-0.4, -0.2) is 61.1 Å². The van der Waals surface area contributed by atoms with Gasteiger partial charge in [0.15, 0.2) is 0 Å². The summed E-state index contributed by atoms with van der Waals surface area (Å²) in [7, 11) is -4.19. The molecule has 232 valence electrons. The van der Waals surface area contributed by atoms with E-state index >= 15 is 0 Å². The lowest BCUT2D eigenvalue weighted by molar-refractivity contribution is -0.155. The summed E-state index contributed by atoms with van der Waals surface area (Å²) in [6.07, 6.45) is 3.50. The molecular formula is C31H44ClN3O6S. The van der Waals surface area contributed by atoms with Gasteiger partial charge in [-0.2, -0.15) is 8.42 Å². The summed E-state index contributed by atoms with van der Waals surface area (Å²) in [5.41, 5.74) is 1.04. The Bertz CT molecular complexity index is 1370. The molecule has 1 aromatic carbocycles. The minimum atomic E-state index is -4.19. The third kappa shape index (κ3) is 10.4. The number of aromatic nitrogens is 1. The van der Waals surface area contributed by atoms with Crippen molar-refractivity contribution in [1.82, 2.24) is 9.47 Å². The van der Waals surface area contributed by atoms with Crippen molar-refractivity contribution < 1.29 is 27.5 Å². The molecule has 1 heterocycles. The van der Waals surface area contributed by atoms with Crippen LogP contribution in [0.25, 0.3) is 0 Å². The summed E-state index contributed by atoms with van der Waals surface area (Å²) >= 11 is 5.94. The number of alkyl halides is 1. The molecule has 9 nitrogen and oxygen atoms in total. The Balaban J connectivity index is 2.75. The number of halogens is 1. The van der Waals surface area contributed by atoms with E-state index in [1.807, 2.05) is 6.92 Å². The second kappa shape index (κ2) is 16.6. The van der Waals surface area contributed by atoms with Gasteiger partial charge in [-0.3, -0.25) is 9.59 Å². The molecule has 2 aromatic rings. The number of carbonyl (C=O) groups is 3. The lowest BCUT2D eigenvalue weighted by Gasteiger charge is -2.26. The van der Waals surface area contributed by atoms with Gasteiger partial charge < -0.3 is 14.2 Å². The fourth-order valence-electron chi connectivity index (χ4n) is 4.18. The van der Waals surface area contributed by atoms with Crippen molar-refractivity contribution in [3.63, 3.8) is 0 Å². The highest BCUT2D eigenvalue weighted by Gasteiger charge is 2.29. The Kier molecular flexibility index (Phi) is 13.9. The van der Waals surface area contributed by atoms with E-state index in [2.05, 4.69) is 32.1 Å². The number of Topliss-reactive ketones (excluding diaryl/α,β-unsaturated/α-hetero) is 1. The van der Waals surface area contributed by atoms with Crippen molar-refractivity contribution >= 4 is 39.3 Å². The van der Waals surface area contributed by atoms with Gasteiger partial charge in [-0.15, -0.1) is 16.0 Å². The van der Waals surface area contributed by atoms with Crippen LogP contribution in [0.4, 0.5) is 0 Å². The number of pyridine rings is 1. The number of hydrogen-bond acceptors (Lipinski definition) is 6. The minimum absolute atomic E-state index is 0.00428. The SMILES string of the molecule is CCOC(=O)C(=O)C(CCCCl)n1cc(C(=O)N(CCC(C)C)CCC(C)C)cc/c1=N\S(=O)(=O)c1ccc(C)cc1. The van der Waals surface area contributed by atoms with Gasteiger partial charge >= 0.3 is 5.97 Å². The molecule has 0 aliphatic rings. The number of nitrogens with zero attached hydrogens (tertiary/aromatic N) is 3. The van der Waals surface area contributed by atoms with E-state index < -0.39 is 27.8 Å². The summed E-state index contributed by atoms with van der Waals surface area (Å²) in [5.74, 6) is -1.20. The lowest BCUT2D eigenvalue weighted by Crippen LogP contribution is -2.38. The van der Waals surface area contributed by atoms with Crippen LogP contribution >= 0.6 is 11.6 Å². The highest BCUT2D eigenvalue weighted by atomic mass is 35.5. The summed E-state index contributed by atoms with van der Waals surface area (Å²) in [5, 5.41) is 0. The number of esters is 1. The summed E-state index contributed by atoms with van der Waals surface area (Å²) in [4.78, 5) is 41.4. The number of hydrogen-bond donors (Lipinski definition) is 0. The van der Waals surface area contributed by atoms with Gasteiger partial charge in [0.25, 0.3) is 21.7 Å². The topological polar surface area (TPSA) is 115 Å². The summed E-state index contributed by atoms with van der Waals surface area (Å²) in [6, 6.07) is 7.95. The van der Waals surface area contributed by atoms with Gasteiger partial charge in [0, 0.05) is 25.2 Å². The summed E-state index contributed by atoms with van der Waals surface area (Å²) in [6.45, 7) is 12.9. The number of aryl methyl sites for hydroxylation is 1. The maximum atomic E-state index is 13.8. The highest BCUT2D eigenvalue weighted by Crippen LogP contribution is 2.19. The second-order valence-corrected chi connectivity index (χ2v) is 13.1. The van der Waals surface area contributed by atoms with Crippen molar-refractivity contribution in [2.24, 2.45) is 16.2 Å². The molecular weight excluding hydrogens is 578 g/mol. The number of benzene rings is 1. The van der Waals surface area contributed by atoms with E-state index in [1.54, 1.807) is 24.0 Å². The molecule has 0 aliphatic heterocycles. The fraction of sp³-hybridized carbons (Fsp3) is 0.548. The molecule has 0 bridgehead atoms. The van der Waals surface area contributed by atoms with E-state index in [4.69, 9.17) is 16.3 Å². The maximum absolute atomic E-state index is 13.8. The van der Waals surface area contributed by atoms with Crippen molar-refractivity contribution in [1.29, 1.82) is 0 Å². The van der Waals surface area contributed by atoms with Gasteiger partial charge in [-0.1, -0.05) is 45.4 Å². The summed E-state index contributed by atoms with van der Waals surface area (Å²) < 4.78 is 36.9. The molecule has 1 unspecified atom stereocenters. The number of rotatable bonds is 16. The first-order valence-corrected chi connectivity index (χ1v) is 16.4. The van der Waals surface area contributed by atoms with E-state index in [1.165, 1.54) is 35.0 Å². The molecule has 1 atom stereocenters. The number of sulfonamides is 1.